The molecule has 4 rings (SSSR count). The van der Waals surface area contributed by atoms with Crippen LogP contribution in [-0.2, 0) is 17.9 Å². The highest BCUT2D eigenvalue weighted by atomic mass is 16.5. The Bertz CT molecular complexity index is 1050. The molecule has 32 heavy (non-hydrogen) atoms. The van der Waals surface area contributed by atoms with Crippen molar-refractivity contribution >= 4 is 11.6 Å². The van der Waals surface area contributed by atoms with E-state index in [0.29, 0.717) is 11.6 Å². The van der Waals surface area contributed by atoms with Crippen molar-refractivity contribution in [1.29, 1.82) is 0 Å². The zero-order valence-electron chi connectivity index (χ0n) is 19.0. The van der Waals surface area contributed by atoms with Crippen molar-refractivity contribution < 1.29 is 9.53 Å². The van der Waals surface area contributed by atoms with Gasteiger partial charge < -0.3 is 10.1 Å². The number of pyridine rings is 1. The number of nitrogens with one attached hydrogen (secondary N) is 1. The highest BCUT2D eigenvalue weighted by Crippen LogP contribution is 2.25. The van der Waals surface area contributed by atoms with E-state index in [4.69, 9.17) is 4.74 Å². The van der Waals surface area contributed by atoms with Crippen LogP contribution in [0.4, 0.5) is 5.69 Å². The maximum Gasteiger partial charge on any atom is 0.241 e. The van der Waals surface area contributed by atoms with Crippen LogP contribution < -0.4 is 10.1 Å². The average Bonchev–Trinajstić information content (AvgIpc) is 3.09. The number of ether oxygens (including phenoxy) is 1. The lowest BCUT2D eigenvalue weighted by atomic mass is 10.00. The SMILES string of the molecule is CCn1nc(C)c(CN2CCCCC2C(=O)Nc2ccc(Oc3ccccc3)nc2)c1C. The van der Waals surface area contributed by atoms with Crippen LogP contribution in [0.1, 0.15) is 43.1 Å². The number of anilines is 1. The molecular weight excluding hydrogens is 402 g/mol. The number of rotatable bonds is 7. The number of amides is 1. The number of nitrogens with zero attached hydrogens (tertiary/aromatic N) is 4. The van der Waals surface area contributed by atoms with E-state index in [1.165, 1.54) is 11.3 Å². The Labute approximate surface area is 189 Å². The number of piperidine rings is 1. The Kier molecular flexibility index (Phi) is 6.85. The first kappa shape index (κ1) is 22.0. The summed E-state index contributed by atoms with van der Waals surface area (Å²) in [5.41, 5.74) is 4.14. The first-order valence-electron chi connectivity index (χ1n) is 11.3. The van der Waals surface area contributed by atoms with Gasteiger partial charge in [0.25, 0.3) is 0 Å². The Morgan fingerprint density at radius 1 is 1.16 bits per heavy atom. The summed E-state index contributed by atoms with van der Waals surface area (Å²) < 4.78 is 7.77. The largest absolute Gasteiger partial charge is 0.439 e. The molecule has 1 aromatic carbocycles. The maximum atomic E-state index is 13.1. The topological polar surface area (TPSA) is 72.3 Å². The number of carbonyl (C=O) groups is 1. The van der Waals surface area contributed by atoms with E-state index in [1.807, 2.05) is 41.1 Å². The van der Waals surface area contributed by atoms with E-state index >= 15 is 0 Å². The monoisotopic (exact) mass is 433 g/mol. The van der Waals surface area contributed by atoms with E-state index in [2.05, 4.69) is 41.1 Å². The second-order valence-corrected chi connectivity index (χ2v) is 8.24. The fourth-order valence-electron chi connectivity index (χ4n) is 4.30. The van der Waals surface area contributed by atoms with Gasteiger partial charge >= 0.3 is 0 Å². The summed E-state index contributed by atoms with van der Waals surface area (Å²) in [5.74, 6) is 1.24. The minimum atomic E-state index is -0.159. The van der Waals surface area contributed by atoms with Crippen molar-refractivity contribution in [3.05, 3.63) is 65.6 Å². The molecule has 1 amide bonds. The van der Waals surface area contributed by atoms with E-state index in [-0.39, 0.29) is 11.9 Å². The molecule has 0 saturated carbocycles. The van der Waals surface area contributed by atoms with Gasteiger partial charge in [0.2, 0.25) is 11.8 Å². The van der Waals surface area contributed by atoms with Crippen LogP contribution in [0.2, 0.25) is 0 Å². The Morgan fingerprint density at radius 2 is 1.97 bits per heavy atom. The Morgan fingerprint density at radius 3 is 2.66 bits per heavy atom. The zero-order valence-corrected chi connectivity index (χ0v) is 19.0. The van der Waals surface area contributed by atoms with E-state index < -0.39 is 0 Å². The quantitative estimate of drug-likeness (QED) is 0.585. The number of para-hydroxylation sites is 1. The van der Waals surface area contributed by atoms with Crippen LogP contribution >= 0.6 is 0 Å². The predicted octanol–water partition coefficient (Wildman–Crippen LogP) is 4.70. The maximum absolute atomic E-state index is 13.1. The van der Waals surface area contributed by atoms with Gasteiger partial charge in [-0.1, -0.05) is 24.6 Å². The standard InChI is InChI=1S/C25H31N5O2/c1-4-30-19(3)22(18(2)28-30)17-29-15-9-8-12-23(29)25(31)27-20-13-14-24(26-16-20)32-21-10-6-5-7-11-21/h5-7,10-11,13-14,16,23H,4,8-9,12,15,17H2,1-3H3,(H,27,31). The molecule has 168 valence electrons. The normalized spacial score (nSPS) is 16.7. The van der Waals surface area contributed by atoms with Crippen LogP contribution in [0, 0.1) is 13.8 Å². The minimum absolute atomic E-state index is 0.0152. The molecule has 7 nitrogen and oxygen atoms in total. The van der Waals surface area contributed by atoms with Crippen molar-refractivity contribution in [2.24, 2.45) is 0 Å². The summed E-state index contributed by atoms with van der Waals surface area (Å²) in [6, 6.07) is 13.0. The fraction of sp³-hybridized carbons (Fsp3) is 0.400. The molecule has 3 heterocycles. The molecule has 1 atom stereocenters. The van der Waals surface area contributed by atoms with Gasteiger partial charge in [-0.3, -0.25) is 14.4 Å². The smallest absolute Gasteiger partial charge is 0.241 e. The number of aryl methyl sites for hydroxylation is 2. The Hall–Kier alpha value is -3.19. The third-order valence-electron chi connectivity index (χ3n) is 6.08. The number of hydrogen-bond donors (Lipinski definition) is 1. The molecule has 0 radical (unpaired) electrons. The predicted molar refractivity (Wildman–Crippen MR) is 125 cm³/mol. The van der Waals surface area contributed by atoms with Gasteiger partial charge in [0.15, 0.2) is 0 Å². The van der Waals surface area contributed by atoms with Gasteiger partial charge in [-0.05, 0) is 58.4 Å². The van der Waals surface area contributed by atoms with Crippen molar-refractivity contribution in [3.8, 4) is 11.6 Å². The van der Waals surface area contributed by atoms with Crippen LogP contribution in [0.5, 0.6) is 11.6 Å². The number of aromatic nitrogens is 3. The second-order valence-electron chi connectivity index (χ2n) is 8.24. The molecule has 7 heteroatoms. The van der Waals surface area contributed by atoms with Gasteiger partial charge in [-0.25, -0.2) is 4.98 Å². The minimum Gasteiger partial charge on any atom is -0.439 e. The van der Waals surface area contributed by atoms with Gasteiger partial charge in [-0.2, -0.15) is 5.10 Å². The van der Waals surface area contributed by atoms with E-state index in [9.17, 15) is 4.79 Å². The number of hydrogen-bond acceptors (Lipinski definition) is 5. The van der Waals surface area contributed by atoms with E-state index in [1.54, 1.807) is 12.3 Å². The number of carbonyl (C=O) groups excluding carboxylic acids is 1. The first-order valence-corrected chi connectivity index (χ1v) is 11.3. The summed E-state index contributed by atoms with van der Waals surface area (Å²) >= 11 is 0. The number of likely N-dealkylation sites (tertiary alicyclic amines) is 1. The molecule has 1 aliphatic heterocycles. The zero-order chi connectivity index (χ0) is 22.5. The lowest BCUT2D eigenvalue weighted by Crippen LogP contribution is -2.46. The van der Waals surface area contributed by atoms with Gasteiger partial charge in [0.05, 0.1) is 23.6 Å². The summed E-state index contributed by atoms with van der Waals surface area (Å²) in [6.07, 6.45) is 4.66. The van der Waals surface area contributed by atoms with E-state index in [0.717, 1.165) is 50.3 Å². The van der Waals surface area contributed by atoms with Crippen LogP contribution in [0.3, 0.4) is 0 Å². The van der Waals surface area contributed by atoms with Gasteiger partial charge in [0.1, 0.15) is 5.75 Å². The fourth-order valence-corrected chi connectivity index (χ4v) is 4.30. The van der Waals surface area contributed by atoms with Crippen LogP contribution in [0.15, 0.2) is 48.7 Å². The highest BCUT2D eigenvalue weighted by molar-refractivity contribution is 5.94. The van der Waals surface area contributed by atoms with Crippen molar-refractivity contribution in [1.82, 2.24) is 19.7 Å². The molecule has 1 N–H and O–H groups in total. The summed E-state index contributed by atoms with van der Waals surface area (Å²) in [7, 11) is 0. The molecule has 0 spiro atoms. The number of benzene rings is 1. The second kappa shape index (κ2) is 9.96. The average molecular weight is 434 g/mol. The molecule has 0 bridgehead atoms. The summed E-state index contributed by atoms with van der Waals surface area (Å²) in [4.78, 5) is 19.8. The first-order chi connectivity index (χ1) is 15.5. The highest BCUT2D eigenvalue weighted by Gasteiger charge is 2.30. The molecule has 1 saturated heterocycles. The van der Waals surface area contributed by atoms with Crippen molar-refractivity contribution in [2.45, 2.75) is 59.2 Å². The van der Waals surface area contributed by atoms with Crippen molar-refractivity contribution in [3.63, 3.8) is 0 Å². The van der Waals surface area contributed by atoms with Crippen LogP contribution in [0.25, 0.3) is 0 Å². The molecule has 1 unspecified atom stereocenters. The molecule has 1 fully saturated rings. The molecule has 1 aliphatic rings. The lowest BCUT2D eigenvalue weighted by molar-refractivity contribution is -0.122. The van der Waals surface area contributed by atoms with Gasteiger partial charge in [0, 0.05) is 30.4 Å². The van der Waals surface area contributed by atoms with Crippen molar-refractivity contribution in [2.75, 3.05) is 11.9 Å². The lowest BCUT2D eigenvalue weighted by Gasteiger charge is -2.34. The summed E-state index contributed by atoms with van der Waals surface area (Å²) in [6.45, 7) is 8.78. The summed E-state index contributed by atoms with van der Waals surface area (Å²) in [5, 5.41) is 7.68. The molecule has 2 aromatic heterocycles. The molecule has 3 aromatic rings. The third-order valence-corrected chi connectivity index (χ3v) is 6.08. The molecule has 0 aliphatic carbocycles. The molecular formula is C25H31N5O2. The van der Waals surface area contributed by atoms with Gasteiger partial charge in [-0.15, -0.1) is 0 Å². The Balaban J connectivity index is 1.41. The third kappa shape index (κ3) is 4.99. The van der Waals surface area contributed by atoms with Crippen LogP contribution in [-0.4, -0.2) is 38.2 Å².